The number of nitrogens with one attached hydrogen (secondary N) is 1. The Labute approximate surface area is 118 Å². The molecule has 0 saturated carbocycles. The zero-order chi connectivity index (χ0) is 13.7. The molecule has 1 aromatic rings. The molecule has 0 spiro atoms. The molecule has 2 bridgehead atoms. The fourth-order valence-corrected chi connectivity index (χ4v) is 4.08. The maximum absolute atomic E-state index is 9.57. The first-order valence-corrected chi connectivity index (χ1v) is 7.67. The normalized spacial score (nSPS) is 41.4. The molecule has 0 aliphatic carbocycles. The van der Waals surface area contributed by atoms with Crippen molar-refractivity contribution < 1.29 is 9.63 Å². The van der Waals surface area contributed by atoms with Gasteiger partial charge in [0.15, 0.2) is 5.82 Å². The number of aliphatic hydroxyl groups is 1. The molecule has 4 rings (SSSR count). The van der Waals surface area contributed by atoms with Gasteiger partial charge in [0.1, 0.15) is 0 Å². The third kappa shape index (κ3) is 2.06. The molecule has 110 valence electrons. The number of hydrogen-bond donors (Lipinski definition) is 2. The van der Waals surface area contributed by atoms with Crippen molar-refractivity contribution in [3.63, 3.8) is 0 Å². The summed E-state index contributed by atoms with van der Waals surface area (Å²) in [5.74, 6) is 1.95. The molecule has 20 heavy (non-hydrogen) atoms. The van der Waals surface area contributed by atoms with Crippen LogP contribution in [0.1, 0.15) is 55.8 Å². The fourth-order valence-electron chi connectivity index (χ4n) is 4.08. The van der Waals surface area contributed by atoms with E-state index in [4.69, 9.17) is 4.52 Å². The quantitative estimate of drug-likeness (QED) is 0.834. The van der Waals surface area contributed by atoms with Gasteiger partial charge in [0.25, 0.3) is 0 Å². The summed E-state index contributed by atoms with van der Waals surface area (Å²) in [6, 6.07) is 1.40. The summed E-state index contributed by atoms with van der Waals surface area (Å²) in [4.78, 5) is 7.12. The largest absolute Gasteiger partial charge is 0.392 e. The molecular formula is C14H22N4O2. The minimum atomic E-state index is -0.297. The summed E-state index contributed by atoms with van der Waals surface area (Å²) in [6.07, 6.45) is 5.27. The van der Waals surface area contributed by atoms with Gasteiger partial charge in [0, 0.05) is 24.5 Å². The second-order valence-corrected chi connectivity index (χ2v) is 6.56. The fraction of sp³-hybridized carbons (Fsp3) is 0.857. The third-order valence-electron chi connectivity index (χ3n) is 5.33. The predicted molar refractivity (Wildman–Crippen MR) is 72.2 cm³/mol. The predicted octanol–water partition coefficient (Wildman–Crippen LogP) is 0.805. The Balaban J connectivity index is 1.48. The van der Waals surface area contributed by atoms with Gasteiger partial charge in [0.05, 0.1) is 12.1 Å². The SMILES string of the molecule is CN1C2CCC1CC(c1noc(C3CC(O)CN3)n1)C2. The van der Waals surface area contributed by atoms with Crippen LogP contribution in [0.5, 0.6) is 0 Å². The molecule has 6 nitrogen and oxygen atoms in total. The van der Waals surface area contributed by atoms with Gasteiger partial charge in [-0.15, -0.1) is 0 Å². The molecule has 3 aliphatic rings. The van der Waals surface area contributed by atoms with Crippen LogP contribution in [-0.4, -0.2) is 51.9 Å². The van der Waals surface area contributed by atoms with Crippen molar-refractivity contribution in [2.75, 3.05) is 13.6 Å². The molecule has 4 heterocycles. The van der Waals surface area contributed by atoms with E-state index in [0.29, 0.717) is 36.9 Å². The molecule has 0 amide bonds. The maximum Gasteiger partial charge on any atom is 0.243 e. The standard InChI is InChI=1S/C14H22N4O2/c1-18-9-2-3-10(18)5-8(4-9)13-16-14(20-17-13)12-6-11(19)7-15-12/h8-12,15,19H,2-7H2,1H3. The van der Waals surface area contributed by atoms with Crippen LogP contribution >= 0.6 is 0 Å². The number of hydrogen-bond acceptors (Lipinski definition) is 6. The van der Waals surface area contributed by atoms with E-state index < -0.39 is 0 Å². The number of nitrogens with zero attached hydrogens (tertiary/aromatic N) is 3. The Morgan fingerprint density at radius 3 is 2.65 bits per heavy atom. The number of aliphatic hydroxyl groups excluding tert-OH is 1. The summed E-state index contributed by atoms with van der Waals surface area (Å²) in [6.45, 7) is 0.612. The topological polar surface area (TPSA) is 74.4 Å². The van der Waals surface area contributed by atoms with Crippen LogP contribution in [0.25, 0.3) is 0 Å². The van der Waals surface area contributed by atoms with Crippen molar-refractivity contribution in [2.24, 2.45) is 0 Å². The Bertz CT molecular complexity index is 477. The lowest BCUT2D eigenvalue weighted by Crippen LogP contribution is -2.39. The average molecular weight is 278 g/mol. The highest BCUT2D eigenvalue weighted by Crippen LogP contribution is 2.41. The van der Waals surface area contributed by atoms with Crippen molar-refractivity contribution in [1.82, 2.24) is 20.4 Å². The van der Waals surface area contributed by atoms with Gasteiger partial charge >= 0.3 is 0 Å². The van der Waals surface area contributed by atoms with E-state index in [9.17, 15) is 5.11 Å². The Morgan fingerprint density at radius 1 is 1.25 bits per heavy atom. The van der Waals surface area contributed by atoms with Crippen LogP contribution in [0, 0.1) is 0 Å². The summed E-state index contributed by atoms with van der Waals surface area (Å²) >= 11 is 0. The molecule has 3 fully saturated rings. The van der Waals surface area contributed by atoms with Crippen molar-refractivity contribution >= 4 is 0 Å². The molecule has 3 aliphatic heterocycles. The summed E-state index contributed by atoms with van der Waals surface area (Å²) in [5.41, 5.74) is 0. The number of aromatic nitrogens is 2. The highest BCUT2D eigenvalue weighted by atomic mass is 16.5. The third-order valence-corrected chi connectivity index (χ3v) is 5.33. The lowest BCUT2D eigenvalue weighted by atomic mass is 9.90. The van der Waals surface area contributed by atoms with Crippen molar-refractivity contribution in [3.05, 3.63) is 11.7 Å². The van der Waals surface area contributed by atoms with Gasteiger partial charge in [-0.3, -0.25) is 0 Å². The van der Waals surface area contributed by atoms with Crippen LogP contribution < -0.4 is 5.32 Å². The lowest BCUT2D eigenvalue weighted by Gasteiger charge is -2.34. The second kappa shape index (κ2) is 4.79. The van der Waals surface area contributed by atoms with Crippen LogP contribution in [0.4, 0.5) is 0 Å². The number of fused-ring (bicyclic) bond motifs is 2. The summed E-state index contributed by atoms with van der Waals surface area (Å²) in [7, 11) is 2.24. The number of piperidine rings is 1. The van der Waals surface area contributed by atoms with Gasteiger partial charge in [-0.2, -0.15) is 4.98 Å². The van der Waals surface area contributed by atoms with Crippen molar-refractivity contribution in [2.45, 2.75) is 62.3 Å². The zero-order valence-corrected chi connectivity index (χ0v) is 11.8. The average Bonchev–Trinajstić information content (AvgIpc) is 3.10. The lowest BCUT2D eigenvalue weighted by molar-refractivity contribution is 0.157. The molecule has 0 aromatic carbocycles. The van der Waals surface area contributed by atoms with Crippen molar-refractivity contribution in [3.8, 4) is 0 Å². The molecule has 4 unspecified atom stereocenters. The first kappa shape index (κ1) is 12.7. The van der Waals surface area contributed by atoms with E-state index in [1.807, 2.05) is 0 Å². The van der Waals surface area contributed by atoms with Crippen LogP contribution in [0.2, 0.25) is 0 Å². The van der Waals surface area contributed by atoms with Crippen LogP contribution in [-0.2, 0) is 0 Å². The molecular weight excluding hydrogens is 256 g/mol. The minimum absolute atomic E-state index is 0.0224. The van der Waals surface area contributed by atoms with Crippen molar-refractivity contribution in [1.29, 1.82) is 0 Å². The van der Waals surface area contributed by atoms with E-state index >= 15 is 0 Å². The van der Waals surface area contributed by atoms with Crippen LogP contribution in [0.3, 0.4) is 0 Å². The van der Waals surface area contributed by atoms with E-state index in [0.717, 1.165) is 18.7 Å². The maximum atomic E-state index is 9.57. The molecule has 3 saturated heterocycles. The van der Waals surface area contributed by atoms with E-state index in [1.54, 1.807) is 0 Å². The summed E-state index contributed by atoms with van der Waals surface area (Å²) < 4.78 is 5.42. The van der Waals surface area contributed by atoms with Gasteiger partial charge in [-0.1, -0.05) is 5.16 Å². The Hall–Kier alpha value is -0.980. The van der Waals surface area contributed by atoms with Gasteiger partial charge < -0.3 is 19.8 Å². The first-order chi connectivity index (χ1) is 9.70. The summed E-state index contributed by atoms with van der Waals surface area (Å²) in [5, 5.41) is 17.0. The molecule has 4 atom stereocenters. The van der Waals surface area contributed by atoms with E-state index in [2.05, 4.69) is 27.4 Å². The molecule has 2 N–H and O–H groups in total. The molecule has 0 radical (unpaired) electrons. The van der Waals surface area contributed by atoms with Gasteiger partial charge in [0.2, 0.25) is 5.89 Å². The highest BCUT2D eigenvalue weighted by molar-refractivity contribution is 5.07. The van der Waals surface area contributed by atoms with Gasteiger partial charge in [-0.25, -0.2) is 0 Å². The Kier molecular flexibility index (Phi) is 3.05. The number of rotatable bonds is 2. The highest BCUT2D eigenvalue weighted by Gasteiger charge is 2.40. The minimum Gasteiger partial charge on any atom is -0.392 e. The van der Waals surface area contributed by atoms with Gasteiger partial charge in [-0.05, 0) is 39.2 Å². The first-order valence-electron chi connectivity index (χ1n) is 7.67. The molecule has 1 aromatic heterocycles. The Morgan fingerprint density at radius 2 is 2.00 bits per heavy atom. The smallest absolute Gasteiger partial charge is 0.243 e. The van der Waals surface area contributed by atoms with E-state index in [-0.39, 0.29) is 12.1 Å². The number of β-amino-alcohol motifs (C(OH)–C–C–N with tert-alkyl or cyclic N) is 1. The monoisotopic (exact) mass is 278 g/mol. The van der Waals surface area contributed by atoms with E-state index in [1.165, 1.54) is 12.8 Å². The van der Waals surface area contributed by atoms with Crippen LogP contribution in [0.15, 0.2) is 4.52 Å². The molecule has 6 heteroatoms. The second-order valence-electron chi connectivity index (χ2n) is 6.56. The zero-order valence-electron chi connectivity index (χ0n) is 11.8.